The van der Waals surface area contributed by atoms with E-state index < -0.39 is 11.2 Å². The molecule has 0 aromatic carbocycles. The Morgan fingerprint density at radius 2 is 2.17 bits per heavy atom. The van der Waals surface area contributed by atoms with Gasteiger partial charge in [0.25, 0.3) is 11.5 Å². The molecule has 1 atom stereocenters. The molecular weight excluding hydrogens is 402 g/mol. The van der Waals surface area contributed by atoms with Crippen molar-refractivity contribution in [1.29, 1.82) is 0 Å². The average molecular weight is 428 g/mol. The molecule has 158 valence electrons. The highest BCUT2D eigenvalue weighted by atomic mass is 32.1. The fourth-order valence-corrected chi connectivity index (χ4v) is 4.79. The Morgan fingerprint density at radius 3 is 2.83 bits per heavy atom. The number of carbonyl (C=O) groups excluding carboxylic acids is 1. The van der Waals surface area contributed by atoms with Crippen molar-refractivity contribution in [2.45, 2.75) is 52.0 Å². The van der Waals surface area contributed by atoms with Crippen molar-refractivity contribution >= 4 is 28.3 Å². The number of carbonyl (C=O) groups is 1. The van der Waals surface area contributed by atoms with E-state index in [-0.39, 0.29) is 28.8 Å². The van der Waals surface area contributed by atoms with E-state index in [9.17, 15) is 14.4 Å². The van der Waals surface area contributed by atoms with Gasteiger partial charge in [0.1, 0.15) is 0 Å². The summed E-state index contributed by atoms with van der Waals surface area (Å²) in [6, 6.07) is 1.71. The van der Waals surface area contributed by atoms with E-state index in [1.54, 1.807) is 28.5 Å². The Labute approximate surface area is 177 Å². The second kappa shape index (κ2) is 8.14. The van der Waals surface area contributed by atoms with Crippen LogP contribution < -0.4 is 11.2 Å². The molecule has 0 bridgehead atoms. The lowest BCUT2D eigenvalue weighted by Crippen LogP contribution is -2.40. The first-order valence-electron chi connectivity index (χ1n) is 10.3. The largest absolute Gasteiger partial charge is 0.338 e. The second-order valence-corrected chi connectivity index (χ2v) is 8.84. The van der Waals surface area contributed by atoms with E-state index in [1.165, 1.54) is 4.57 Å². The van der Waals surface area contributed by atoms with Crippen molar-refractivity contribution in [1.82, 2.24) is 24.4 Å². The number of thiazole rings is 1. The zero-order valence-electron chi connectivity index (χ0n) is 17.3. The SMILES string of the molecule is CCn1c(=O)[nH]c(=O)c2c(C(=O)N3CCCC(c4nccs4)C3)cc(C(C)C)nc21. The molecule has 0 saturated carbocycles. The van der Waals surface area contributed by atoms with Gasteiger partial charge in [0.05, 0.1) is 16.0 Å². The molecule has 0 radical (unpaired) electrons. The predicted molar refractivity (Wildman–Crippen MR) is 116 cm³/mol. The number of nitrogens with zero attached hydrogens (tertiary/aromatic N) is 4. The van der Waals surface area contributed by atoms with Crippen LogP contribution >= 0.6 is 11.3 Å². The number of piperidine rings is 1. The van der Waals surface area contributed by atoms with E-state index >= 15 is 0 Å². The molecule has 1 saturated heterocycles. The normalized spacial score (nSPS) is 17.1. The van der Waals surface area contributed by atoms with Crippen LogP contribution in [0.4, 0.5) is 0 Å². The number of fused-ring (bicyclic) bond motifs is 1. The fourth-order valence-electron chi connectivity index (χ4n) is 4.02. The zero-order valence-corrected chi connectivity index (χ0v) is 18.2. The van der Waals surface area contributed by atoms with Gasteiger partial charge in [-0.1, -0.05) is 13.8 Å². The fraction of sp³-hybridized carbons (Fsp3) is 0.476. The maximum atomic E-state index is 13.6. The third-order valence-corrected chi connectivity index (χ3v) is 6.55. The second-order valence-electron chi connectivity index (χ2n) is 7.91. The molecular formula is C21H25N5O3S. The third kappa shape index (κ3) is 3.58. The van der Waals surface area contributed by atoms with Crippen molar-refractivity contribution in [3.63, 3.8) is 0 Å². The molecule has 3 aromatic heterocycles. The number of hydrogen-bond acceptors (Lipinski definition) is 6. The van der Waals surface area contributed by atoms with Gasteiger partial charge >= 0.3 is 5.69 Å². The van der Waals surface area contributed by atoms with Crippen LogP contribution in [0.1, 0.15) is 66.5 Å². The lowest BCUT2D eigenvalue weighted by Gasteiger charge is -2.32. The minimum atomic E-state index is -0.570. The Kier molecular flexibility index (Phi) is 5.55. The van der Waals surface area contributed by atoms with Crippen LogP contribution in [0.5, 0.6) is 0 Å². The average Bonchev–Trinajstić information content (AvgIpc) is 3.27. The van der Waals surface area contributed by atoms with Crippen molar-refractivity contribution in [2.24, 2.45) is 0 Å². The van der Waals surface area contributed by atoms with Crippen molar-refractivity contribution in [3.05, 3.63) is 54.7 Å². The maximum Gasteiger partial charge on any atom is 0.329 e. The highest BCUT2D eigenvalue weighted by Crippen LogP contribution is 2.30. The number of nitrogens with one attached hydrogen (secondary N) is 1. The van der Waals surface area contributed by atoms with Gasteiger partial charge in [-0.15, -0.1) is 11.3 Å². The number of pyridine rings is 1. The van der Waals surface area contributed by atoms with Crippen molar-refractivity contribution < 1.29 is 4.79 Å². The topological polar surface area (TPSA) is 101 Å². The van der Waals surface area contributed by atoms with E-state index in [0.29, 0.717) is 30.9 Å². The summed E-state index contributed by atoms with van der Waals surface area (Å²) in [6.07, 6.45) is 3.66. The van der Waals surface area contributed by atoms with E-state index in [1.807, 2.05) is 26.2 Å². The number of aromatic nitrogens is 4. The predicted octanol–water partition coefficient (Wildman–Crippen LogP) is 2.70. The van der Waals surface area contributed by atoms with Crippen LogP contribution in [0.3, 0.4) is 0 Å². The minimum absolute atomic E-state index is 0.0464. The summed E-state index contributed by atoms with van der Waals surface area (Å²) < 4.78 is 1.41. The summed E-state index contributed by atoms with van der Waals surface area (Å²) in [7, 11) is 0. The quantitative estimate of drug-likeness (QED) is 0.690. The van der Waals surface area contributed by atoms with Gasteiger partial charge in [-0.05, 0) is 31.7 Å². The molecule has 9 heteroatoms. The summed E-state index contributed by atoms with van der Waals surface area (Å²) in [6.45, 7) is 7.32. The third-order valence-electron chi connectivity index (χ3n) is 5.62. The standard InChI is InChI=1S/C21H25N5O3S/c1-4-26-17-16(18(27)24-21(26)29)14(10-15(23-17)12(2)3)20(28)25-8-5-6-13(11-25)19-22-7-9-30-19/h7,9-10,12-13H,4-6,8,11H2,1-3H3,(H,24,27,29). The van der Waals surface area contributed by atoms with Gasteiger partial charge < -0.3 is 4.90 Å². The van der Waals surface area contributed by atoms with Crippen LogP contribution in [0.15, 0.2) is 27.2 Å². The molecule has 3 aromatic rings. The van der Waals surface area contributed by atoms with Gasteiger partial charge in [0, 0.05) is 42.8 Å². The van der Waals surface area contributed by atoms with Crippen LogP contribution in [0.25, 0.3) is 11.0 Å². The molecule has 1 aliphatic heterocycles. The van der Waals surface area contributed by atoms with E-state index in [4.69, 9.17) is 0 Å². The lowest BCUT2D eigenvalue weighted by atomic mass is 9.97. The van der Waals surface area contributed by atoms with Gasteiger partial charge in [-0.3, -0.25) is 19.1 Å². The van der Waals surface area contributed by atoms with Crippen LogP contribution in [0, 0.1) is 0 Å². The molecule has 4 rings (SSSR count). The molecule has 1 unspecified atom stereocenters. The Bertz CT molecular complexity index is 1200. The Morgan fingerprint density at radius 1 is 1.37 bits per heavy atom. The molecule has 1 fully saturated rings. The minimum Gasteiger partial charge on any atom is -0.338 e. The summed E-state index contributed by atoms with van der Waals surface area (Å²) in [4.78, 5) is 51.7. The molecule has 8 nitrogen and oxygen atoms in total. The summed E-state index contributed by atoms with van der Waals surface area (Å²) in [5.41, 5.74) is 0.190. The number of rotatable bonds is 4. The van der Waals surface area contributed by atoms with E-state index in [2.05, 4.69) is 15.0 Å². The first-order valence-corrected chi connectivity index (χ1v) is 11.1. The molecule has 1 N–H and O–H groups in total. The molecule has 0 aliphatic carbocycles. The number of amides is 1. The number of aromatic amines is 1. The monoisotopic (exact) mass is 427 g/mol. The molecule has 1 amide bonds. The Balaban J connectivity index is 1.84. The number of likely N-dealkylation sites (tertiary alicyclic amines) is 1. The van der Waals surface area contributed by atoms with Gasteiger partial charge in [-0.25, -0.2) is 14.8 Å². The molecule has 0 spiro atoms. The van der Waals surface area contributed by atoms with Crippen LogP contribution in [-0.2, 0) is 6.54 Å². The maximum absolute atomic E-state index is 13.6. The van der Waals surface area contributed by atoms with Gasteiger partial charge in [-0.2, -0.15) is 0 Å². The first kappa shape index (κ1) is 20.5. The summed E-state index contributed by atoms with van der Waals surface area (Å²) >= 11 is 1.60. The molecule has 1 aliphatic rings. The molecule has 30 heavy (non-hydrogen) atoms. The smallest absolute Gasteiger partial charge is 0.329 e. The highest BCUT2D eigenvalue weighted by molar-refractivity contribution is 7.09. The Hall–Kier alpha value is -2.81. The van der Waals surface area contributed by atoms with Crippen molar-refractivity contribution in [2.75, 3.05) is 13.1 Å². The summed E-state index contributed by atoms with van der Waals surface area (Å²) in [5.74, 6) is 0.0508. The van der Waals surface area contributed by atoms with E-state index in [0.717, 1.165) is 17.8 Å². The number of hydrogen-bond donors (Lipinski definition) is 1. The highest BCUT2D eigenvalue weighted by Gasteiger charge is 2.29. The summed E-state index contributed by atoms with van der Waals surface area (Å²) in [5, 5.41) is 3.17. The lowest BCUT2D eigenvalue weighted by molar-refractivity contribution is 0.0708. The van der Waals surface area contributed by atoms with Crippen LogP contribution in [0.2, 0.25) is 0 Å². The van der Waals surface area contributed by atoms with Gasteiger partial charge in [0.15, 0.2) is 5.65 Å². The number of H-pyrrole nitrogens is 1. The molecule has 4 heterocycles. The van der Waals surface area contributed by atoms with Gasteiger partial charge in [0.2, 0.25) is 0 Å². The first-order chi connectivity index (χ1) is 14.4. The van der Waals surface area contributed by atoms with Crippen LogP contribution in [-0.4, -0.2) is 43.4 Å². The zero-order chi connectivity index (χ0) is 21.4. The number of aryl methyl sites for hydroxylation is 1. The van der Waals surface area contributed by atoms with Crippen molar-refractivity contribution in [3.8, 4) is 0 Å².